The van der Waals surface area contributed by atoms with Crippen LogP contribution in [-0.4, -0.2) is 36.9 Å². The van der Waals surface area contributed by atoms with E-state index in [1.165, 1.54) is 7.11 Å². The molecule has 0 N–H and O–H groups in total. The van der Waals surface area contributed by atoms with Gasteiger partial charge in [-0.3, -0.25) is 9.59 Å². The number of carbonyl (C=O) groups is 2. The Labute approximate surface area is 179 Å². The molecule has 2 aromatic carbocycles. The summed E-state index contributed by atoms with van der Waals surface area (Å²) >= 11 is 0. The molecule has 2 heterocycles. The van der Waals surface area contributed by atoms with Crippen LogP contribution in [0.4, 0.5) is 14.5 Å². The number of rotatable bonds is 4. The summed E-state index contributed by atoms with van der Waals surface area (Å²) in [5.74, 6) is -1.92. The number of methoxy groups -OCH3 is 1. The van der Waals surface area contributed by atoms with Crippen LogP contribution in [0.5, 0.6) is 5.75 Å². The van der Waals surface area contributed by atoms with E-state index in [2.05, 4.69) is 13.8 Å². The molecule has 5 nitrogen and oxygen atoms in total. The van der Waals surface area contributed by atoms with Gasteiger partial charge in [-0.2, -0.15) is 0 Å². The topological polar surface area (TPSA) is 49.9 Å². The number of likely N-dealkylation sites (tertiary alicyclic amines) is 1. The first-order chi connectivity index (χ1) is 14.8. The number of imide groups is 1. The van der Waals surface area contributed by atoms with Crippen LogP contribution in [0.15, 0.2) is 48.2 Å². The molecule has 2 aliphatic heterocycles. The lowest BCUT2D eigenvalue weighted by Gasteiger charge is -2.37. The lowest BCUT2D eigenvalue weighted by atomic mass is 9.91. The number of carbonyl (C=O) groups excluding carboxylic acids is 2. The van der Waals surface area contributed by atoms with E-state index in [9.17, 15) is 18.4 Å². The molecule has 0 aromatic heterocycles. The highest BCUT2D eigenvalue weighted by molar-refractivity contribution is 6.45. The SMILES string of the molecule is COc1ccccc1C1=C(N2CC(C)CC(C)C2)C(=O)N(c2ccc(F)cc2F)C1=O. The Kier molecular flexibility index (Phi) is 5.52. The van der Waals surface area contributed by atoms with Gasteiger partial charge in [0.25, 0.3) is 11.8 Å². The molecule has 0 spiro atoms. The van der Waals surface area contributed by atoms with E-state index in [1.807, 2.05) is 4.90 Å². The number of ether oxygens (including phenoxy) is 1. The van der Waals surface area contributed by atoms with E-state index in [1.54, 1.807) is 24.3 Å². The predicted molar refractivity (Wildman–Crippen MR) is 113 cm³/mol. The van der Waals surface area contributed by atoms with Crippen molar-refractivity contribution in [3.05, 3.63) is 65.4 Å². The highest BCUT2D eigenvalue weighted by Crippen LogP contribution is 2.40. The van der Waals surface area contributed by atoms with Crippen molar-refractivity contribution in [1.29, 1.82) is 0 Å². The van der Waals surface area contributed by atoms with E-state index in [-0.39, 0.29) is 17.0 Å². The van der Waals surface area contributed by atoms with Crippen LogP contribution in [-0.2, 0) is 9.59 Å². The van der Waals surface area contributed by atoms with Crippen molar-refractivity contribution in [2.75, 3.05) is 25.1 Å². The second-order valence-electron chi connectivity index (χ2n) is 8.32. The number of amides is 2. The highest BCUT2D eigenvalue weighted by atomic mass is 19.1. The van der Waals surface area contributed by atoms with Gasteiger partial charge in [-0.05, 0) is 36.5 Å². The summed E-state index contributed by atoms with van der Waals surface area (Å²) in [7, 11) is 1.49. The molecule has 1 fully saturated rings. The van der Waals surface area contributed by atoms with E-state index in [0.717, 1.165) is 23.5 Å². The standard InChI is InChI=1S/C24H24F2N2O3/c1-14-10-15(2)13-27(12-14)22-21(17-6-4-5-7-20(17)31-3)23(29)28(24(22)30)19-9-8-16(25)11-18(19)26/h4-9,11,14-15H,10,12-13H2,1-3H3. The average Bonchev–Trinajstić information content (AvgIpc) is 2.97. The lowest BCUT2D eigenvalue weighted by Crippen LogP contribution is -2.42. The molecule has 0 bridgehead atoms. The summed E-state index contributed by atoms with van der Waals surface area (Å²) in [5.41, 5.74) is 0.607. The first kappa shape index (κ1) is 21.0. The minimum absolute atomic E-state index is 0.174. The van der Waals surface area contributed by atoms with Crippen LogP contribution in [0.2, 0.25) is 0 Å². The Morgan fingerprint density at radius 2 is 1.65 bits per heavy atom. The van der Waals surface area contributed by atoms with Crippen LogP contribution in [0, 0.1) is 23.5 Å². The number of para-hydroxylation sites is 1. The summed E-state index contributed by atoms with van der Waals surface area (Å²) in [4.78, 5) is 29.8. The maximum Gasteiger partial charge on any atom is 0.282 e. The van der Waals surface area contributed by atoms with Gasteiger partial charge in [0, 0.05) is 24.7 Å². The molecule has 4 rings (SSSR count). The monoisotopic (exact) mass is 426 g/mol. The Bertz CT molecular complexity index is 1070. The van der Waals surface area contributed by atoms with Gasteiger partial charge in [-0.15, -0.1) is 0 Å². The Morgan fingerprint density at radius 1 is 0.968 bits per heavy atom. The van der Waals surface area contributed by atoms with Gasteiger partial charge in [-0.25, -0.2) is 13.7 Å². The number of hydrogen-bond acceptors (Lipinski definition) is 4. The van der Waals surface area contributed by atoms with Gasteiger partial charge in [0.2, 0.25) is 0 Å². The van der Waals surface area contributed by atoms with Crippen molar-refractivity contribution >= 4 is 23.1 Å². The fourth-order valence-corrected chi connectivity index (χ4v) is 4.63. The molecule has 2 amide bonds. The summed E-state index contributed by atoms with van der Waals surface area (Å²) in [5, 5.41) is 0. The first-order valence-electron chi connectivity index (χ1n) is 10.3. The molecule has 2 unspecified atom stereocenters. The Balaban J connectivity index is 1.89. The Morgan fingerprint density at radius 3 is 2.29 bits per heavy atom. The highest BCUT2D eigenvalue weighted by Gasteiger charge is 2.45. The van der Waals surface area contributed by atoms with Gasteiger partial charge in [-0.1, -0.05) is 32.0 Å². The smallest absolute Gasteiger partial charge is 0.282 e. The molecule has 2 aliphatic rings. The van der Waals surface area contributed by atoms with E-state index in [4.69, 9.17) is 4.74 Å². The van der Waals surface area contributed by atoms with Crippen molar-refractivity contribution in [2.45, 2.75) is 20.3 Å². The van der Waals surface area contributed by atoms with Gasteiger partial charge in [0.1, 0.15) is 23.1 Å². The number of halogens is 2. The van der Waals surface area contributed by atoms with Crippen molar-refractivity contribution < 1.29 is 23.1 Å². The maximum atomic E-state index is 14.6. The van der Waals surface area contributed by atoms with E-state index < -0.39 is 23.4 Å². The summed E-state index contributed by atoms with van der Waals surface area (Å²) in [6.07, 6.45) is 1.02. The van der Waals surface area contributed by atoms with Gasteiger partial charge in [0.15, 0.2) is 0 Å². The largest absolute Gasteiger partial charge is 0.496 e. The second kappa shape index (κ2) is 8.13. The summed E-state index contributed by atoms with van der Waals surface area (Å²) in [6.45, 7) is 5.42. The molecule has 7 heteroatoms. The van der Waals surface area contributed by atoms with E-state index >= 15 is 0 Å². The third kappa shape index (κ3) is 3.69. The van der Waals surface area contributed by atoms with Crippen molar-refractivity contribution in [3.63, 3.8) is 0 Å². The maximum absolute atomic E-state index is 14.6. The number of nitrogens with zero attached hydrogens (tertiary/aromatic N) is 2. The zero-order valence-electron chi connectivity index (χ0n) is 17.7. The first-order valence-corrected chi connectivity index (χ1v) is 10.3. The second-order valence-corrected chi connectivity index (χ2v) is 8.32. The molecule has 0 radical (unpaired) electrons. The number of anilines is 1. The normalized spacial score (nSPS) is 21.8. The fourth-order valence-electron chi connectivity index (χ4n) is 4.63. The van der Waals surface area contributed by atoms with Crippen LogP contribution < -0.4 is 9.64 Å². The fraction of sp³-hybridized carbons (Fsp3) is 0.333. The van der Waals surface area contributed by atoms with Crippen LogP contribution in [0.3, 0.4) is 0 Å². The summed E-state index contributed by atoms with van der Waals surface area (Å²) in [6, 6.07) is 9.76. The molecule has 1 saturated heterocycles. The molecule has 2 atom stereocenters. The molecule has 162 valence electrons. The minimum atomic E-state index is -0.970. The van der Waals surface area contributed by atoms with E-state index in [0.29, 0.717) is 42.3 Å². The molecule has 0 saturated carbocycles. The molecule has 0 aliphatic carbocycles. The quantitative estimate of drug-likeness (QED) is 0.687. The predicted octanol–water partition coefficient (Wildman–Crippen LogP) is 4.24. The summed E-state index contributed by atoms with van der Waals surface area (Å²) < 4.78 is 33.5. The van der Waals surface area contributed by atoms with Crippen LogP contribution in [0.1, 0.15) is 25.8 Å². The van der Waals surface area contributed by atoms with Gasteiger partial charge < -0.3 is 9.64 Å². The van der Waals surface area contributed by atoms with Crippen molar-refractivity contribution in [2.24, 2.45) is 11.8 Å². The molecular formula is C24H24F2N2O3. The lowest BCUT2D eigenvalue weighted by molar-refractivity contribution is -0.121. The van der Waals surface area contributed by atoms with Crippen LogP contribution >= 0.6 is 0 Å². The van der Waals surface area contributed by atoms with Crippen LogP contribution in [0.25, 0.3) is 5.57 Å². The number of hydrogen-bond donors (Lipinski definition) is 0. The molecular weight excluding hydrogens is 402 g/mol. The minimum Gasteiger partial charge on any atom is -0.496 e. The Hall–Kier alpha value is -3.22. The number of benzene rings is 2. The van der Waals surface area contributed by atoms with Crippen molar-refractivity contribution in [3.8, 4) is 5.75 Å². The molecule has 2 aromatic rings. The van der Waals surface area contributed by atoms with Gasteiger partial charge in [0.05, 0.1) is 18.4 Å². The van der Waals surface area contributed by atoms with Gasteiger partial charge >= 0.3 is 0 Å². The average molecular weight is 426 g/mol. The zero-order valence-corrected chi connectivity index (χ0v) is 17.7. The third-order valence-corrected chi connectivity index (χ3v) is 5.77. The van der Waals surface area contributed by atoms with Crippen molar-refractivity contribution in [1.82, 2.24) is 4.90 Å². The third-order valence-electron chi connectivity index (χ3n) is 5.77. The number of piperidine rings is 1. The molecule has 31 heavy (non-hydrogen) atoms. The zero-order chi connectivity index (χ0) is 22.3.